The van der Waals surface area contributed by atoms with Gasteiger partial charge in [0, 0.05) is 31.6 Å². The molecule has 3 rings (SSSR count). The second-order valence-corrected chi connectivity index (χ2v) is 5.64. The van der Waals surface area contributed by atoms with E-state index in [0.717, 1.165) is 31.6 Å². The van der Waals surface area contributed by atoms with Gasteiger partial charge in [-0.15, -0.1) is 0 Å². The fourth-order valence-corrected chi connectivity index (χ4v) is 3.07. The van der Waals surface area contributed by atoms with Gasteiger partial charge in [-0.3, -0.25) is 0 Å². The first-order valence-corrected chi connectivity index (χ1v) is 6.71. The zero-order valence-corrected chi connectivity index (χ0v) is 11.1. The van der Waals surface area contributed by atoms with Crippen molar-refractivity contribution < 1.29 is 9.90 Å². The number of hydrogen-bond donors (Lipinski definition) is 1. The minimum atomic E-state index is -0.813. The summed E-state index contributed by atoms with van der Waals surface area (Å²) in [4.78, 5) is 18.7. The maximum Gasteiger partial charge on any atom is 0.407 e. The summed E-state index contributed by atoms with van der Waals surface area (Å²) in [5.41, 5.74) is 1.73. The van der Waals surface area contributed by atoms with E-state index >= 15 is 0 Å². The van der Waals surface area contributed by atoms with Crippen LogP contribution in [-0.2, 0) is 0 Å². The Balaban J connectivity index is 1.58. The van der Waals surface area contributed by atoms with E-state index in [1.165, 1.54) is 4.90 Å². The summed E-state index contributed by atoms with van der Waals surface area (Å²) in [5, 5.41) is 17.7. The third kappa shape index (κ3) is 2.16. The van der Waals surface area contributed by atoms with Crippen molar-refractivity contribution in [2.45, 2.75) is 12.8 Å². The standard InChI is InChI=1S/C14H16N4O2/c15-7-11-1-2-12(8-16-11)18-9-14(10-18)3-5-17(6-4-14)13(19)20/h1-2,8H,3-6,9-10H2,(H,19,20). The second-order valence-electron chi connectivity index (χ2n) is 5.64. The monoisotopic (exact) mass is 272 g/mol. The number of amides is 1. The van der Waals surface area contributed by atoms with E-state index in [-0.39, 0.29) is 5.41 Å². The third-order valence-electron chi connectivity index (χ3n) is 4.37. The van der Waals surface area contributed by atoms with Gasteiger partial charge in [0.15, 0.2) is 0 Å². The number of pyridine rings is 1. The second kappa shape index (κ2) is 4.67. The van der Waals surface area contributed by atoms with Crippen LogP contribution in [0.4, 0.5) is 10.5 Å². The van der Waals surface area contributed by atoms with Gasteiger partial charge in [0.05, 0.1) is 11.9 Å². The number of piperidine rings is 1. The molecule has 1 aromatic rings. The van der Waals surface area contributed by atoms with Crippen molar-refractivity contribution in [3.63, 3.8) is 0 Å². The van der Waals surface area contributed by atoms with Crippen LogP contribution in [0.5, 0.6) is 0 Å². The van der Waals surface area contributed by atoms with Gasteiger partial charge in [-0.05, 0) is 25.0 Å². The third-order valence-corrected chi connectivity index (χ3v) is 4.37. The van der Waals surface area contributed by atoms with E-state index in [2.05, 4.69) is 9.88 Å². The molecular weight excluding hydrogens is 256 g/mol. The van der Waals surface area contributed by atoms with E-state index in [4.69, 9.17) is 10.4 Å². The molecule has 0 bridgehead atoms. The Morgan fingerprint density at radius 2 is 2.05 bits per heavy atom. The Labute approximate surface area is 117 Å². The van der Waals surface area contributed by atoms with Crippen LogP contribution in [0, 0.1) is 16.7 Å². The first kappa shape index (κ1) is 12.7. The predicted octanol–water partition coefficient (Wildman–Crippen LogP) is 1.53. The Morgan fingerprint density at radius 3 is 2.55 bits per heavy atom. The quantitative estimate of drug-likeness (QED) is 0.838. The Bertz CT molecular complexity index is 548. The number of carbonyl (C=O) groups is 1. The van der Waals surface area contributed by atoms with Crippen LogP contribution in [-0.4, -0.2) is 47.3 Å². The molecule has 0 aromatic carbocycles. The normalized spacial score (nSPS) is 20.4. The fourth-order valence-electron chi connectivity index (χ4n) is 3.07. The molecule has 3 heterocycles. The highest BCUT2D eigenvalue weighted by Gasteiger charge is 2.45. The first-order valence-electron chi connectivity index (χ1n) is 6.71. The van der Waals surface area contributed by atoms with Crippen molar-refractivity contribution in [1.82, 2.24) is 9.88 Å². The predicted molar refractivity (Wildman–Crippen MR) is 72.4 cm³/mol. The highest BCUT2D eigenvalue weighted by Crippen LogP contribution is 2.42. The number of likely N-dealkylation sites (tertiary alicyclic amines) is 1. The molecule has 1 N–H and O–H groups in total. The summed E-state index contributed by atoms with van der Waals surface area (Å²) in [6, 6.07) is 5.66. The van der Waals surface area contributed by atoms with Crippen molar-refractivity contribution in [3.8, 4) is 6.07 Å². The highest BCUT2D eigenvalue weighted by atomic mass is 16.4. The molecule has 2 aliphatic rings. The Hall–Kier alpha value is -2.29. The molecular formula is C14H16N4O2. The van der Waals surface area contributed by atoms with Crippen molar-refractivity contribution in [1.29, 1.82) is 5.26 Å². The Morgan fingerprint density at radius 1 is 1.35 bits per heavy atom. The zero-order chi connectivity index (χ0) is 14.2. The number of nitrogens with zero attached hydrogens (tertiary/aromatic N) is 4. The minimum Gasteiger partial charge on any atom is -0.465 e. The topological polar surface area (TPSA) is 80.5 Å². The molecule has 20 heavy (non-hydrogen) atoms. The molecule has 0 aliphatic carbocycles. The average Bonchev–Trinajstić information content (AvgIpc) is 2.45. The number of anilines is 1. The summed E-state index contributed by atoms with van der Waals surface area (Å²) in [5.74, 6) is 0. The van der Waals surface area contributed by atoms with Gasteiger partial charge >= 0.3 is 6.09 Å². The molecule has 0 unspecified atom stereocenters. The van der Waals surface area contributed by atoms with Crippen LogP contribution in [0.1, 0.15) is 18.5 Å². The van der Waals surface area contributed by atoms with Crippen molar-refractivity contribution in [3.05, 3.63) is 24.0 Å². The van der Waals surface area contributed by atoms with Crippen LogP contribution >= 0.6 is 0 Å². The molecule has 6 nitrogen and oxygen atoms in total. The number of aromatic nitrogens is 1. The van der Waals surface area contributed by atoms with Crippen LogP contribution in [0.25, 0.3) is 0 Å². The smallest absolute Gasteiger partial charge is 0.407 e. The van der Waals surface area contributed by atoms with E-state index in [9.17, 15) is 4.79 Å². The lowest BCUT2D eigenvalue weighted by Gasteiger charge is -2.54. The van der Waals surface area contributed by atoms with E-state index in [1.54, 1.807) is 12.3 Å². The molecule has 6 heteroatoms. The summed E-state index contributed by atoms with van der Waals surface area (Å²) >= 11 is 0. The molecule has 0 radical (unpaired) electrons. The molecule has 0 atom stereocenters. The van der Waals surface area contributed by atoms with Gasteiger partial charge in [-0.1, -0.05) is 0 Å². The van der Waals surface area contributed by atoms with Gasteiger partial charge in [0.1, 0.15) is 11.8 Å². The van der Waals surface area contributed by atoms with Crippen molar-refractivity contribution in [2.24, 2.45) is 5.41 Å². The highest BCUT2D eigenvalue weighted by molar-refractivity contribution is 5.65. The van der Waals surface area contributed by atoms with Crippen LogP contribution in [0.2, 0.25) is 0 Å². The van der Waals surface area contributed by atoms with Crippen LogP contribution in [0.3, 0.4) is 0 Å². The molecule has 2 fully saturated rings. The molecule has 2 aliphatic heterocycles. The number of rotatable bonds is 1. The van der Waals surface area contributed by atoms with Crippen LogP contribution in [0.15, 0.2) is 18.3 Å². The summed E-state index contributed by atoms with van der Waals surface area (Å²) in [7, 11) is 0. The SMILES string of the molecule is N#Cc1ccc(N2CC3(CCN(C(=O)O)CC3)C2)cn1. The molecule has 0 saturated carbocycles. The van der Waals surface area contributed by atoms with Gasteiger partial charge in [-0.25, -0.2) is 9.78 Å². The summed E-state index contributed by atoms with van der Waals surface area (Å²) < 4.78 is 0. The largest absolute Gasteiger partial charge is 0.465 e. The maximum atomic E-state index is 10.9. The fraction of sp³-hybridized carbons (Fsp3) is 0.500. The minimum absolute atomic E-state index is 0.264. The van der Waals surface area contributed by atoms with Gasteiger partial charge in [0.2, 0.25) is 0 Å². The number of hydrogen-bond acceptors (Lipinski definition) is 4. The Kier molecular flexibility index (Phi) is 2.97. The van der Waals surface area contributed by atoms with E-state index < -0.39 is 6.09 Å². The molecule has 1 aromatic heterocycles. The lowest BCUT2D eigenvalue weighted by molar-refractivity contribution is 0.0710. The van der Waals surface area contributed by atoms with E-state index in [0.29, 0.717) is 18.8 Å². The average molecular weight is 272 g/mol. The van der Waals surface area contributed by atoms with E-state index in [1.807, 2.05) is 12.1 Å². The molecule has 2 saturated heterocycles. The number of nitriles is 1. The molecule has 1 spiro atoms. The summed E-state index contributed by atoms with van der Waals surface area (Å²) in [6.07, 6.45) is 2.78. The van der Waals surface area contributed by atoms with Crippen LogP contribution < -0.4 is 4.90 Å². The first-order chi connectivity index (χ1) is 9.62. The van der Waals surface area contributed by atoms with Crippen molar-refractivity contribution >= 4 is 11.8 Å². The van der Waals surface area contributed by atoms with Gasteiger partial charge in [-0.2, -0.15) is 5.26 Å². The molecule has 1 amide bonds. The zero-order valence-electron chi connectivity index (χ0n) is 11.1. The number of carboxylic acid groups (broad SMARTS) is 1. The lowest BCUT2D eigenvalue weighted by Crippen LogP contribution is -2.61. The van der Waals surface area contributed by atoms with Gasteiger partial charge in [0.25, 0.3) is 0 Å². The van der Waals surface area contributed by atoms with Gasteiger partial charge < -0.3 is 14.9 Å². The molecule has 104 valence electrons. The lowest BCUT2D eigenvalue weighted by atomic mass is 9.72. The maximum absolute atomic E-state index is 10.9. The van der Waals surface area contributed by atoms with Crippen molar-refractivity contribution in [2.75, 3.05) is 31.1 Å². The summed E-state index contributed by atoms with van der Waals surface area (Å²) in [6.45, 7) is 3.17.